The van der Waals surface area contributed by atoms with E-state index in [1.807, 2.05) is 42.6 Å². The minimum atomic E-state index is -0.382. The van der Waals surface area contributed by atoms with Crippen molar-refractivity contribution in [1.82, 2.24) is 15.2 Å². The number of hydrazone groups is 1. The van der Waals surface area contributed by atoms with Crippen LogP contribution in [0, 0.1) is 0 Å². The Hall–Kier alpha value is -4.33. The quantitative estimate of drug-likeness (QED) is 0.364. The Morgan fingerprint density at radius 1 is 1.06 bits per heavy atom. The number of amides is 1. The molecule has 4 rings (SSSR count). The van der Waals surface area contributed by atoms with E-state index in [9.17, 15) is 4.79 Å². The fourth-order valence-electron chi connectivity index (χ4n) is 3.00. The largest absolute Gasteiger partial charge is 0.493 e. The normalized spacial score (nSPS) is 10.9. The molecule has 8 nitrogen and oxygen atoms in total. The van der Waals surface area contributed by atoms with Gasteiger partial charge in [0, 0.05) is 17.3 Å². The molecule has 0 saturated carbocycles. The number of hydrogen-bond donors (Lipinski definition) is 1. The van der Waals surface area contributed by atoms with Crippen LogP contribution in [0.25, 0.3) is 17.1 Å². The van der Waals surface area contributed by atoms with Crippen LogP contribution in [0.4, 0.5) is 0 Å². The summed E-state index contributed by atoms with van der Waals surface area (Å²) in [6.45, 7) is 0. The first kappa shape index (κ1) is 20.0. The molecule has 0 atom stereocenters. The Morgan fingerprint density at radius 3 is 2.58 bits per heavy atom. The summed E-state index contributed by atoms with van der Waals surface area (Å²) in [5.74, 6) is 1.22. The zero-order chi connectivity index (χ0) is 21.6. The number of hydrogen-bond acceptors (Lipinski definition) is 6. The number of nitrogens with one attached hydrogen (secondary N) is 1. The zero-order valence-corrected chi connectivity index (χ0v) is 17.0. The number of nitrogens with zero attached hydrogens (tertiary/aromatic N) is 3. The molecule has 156 valence electrons. The molecule has 31 heavy (non-hydrogen) atoms. The second-order valence-corrected chi connectivity index (χ2v) is 6.46. The highest BCUT2D eigenvalue weighted by Gasteiger charge is 2.14. The number of methoxy groups -OCH3 is 2. The van der Waals surface area contributed by atoms with Crippen molar-refractivity contribution >= 4 is 12.1 Å². The standard InChI is InChI=1S/C23H20N4O4/c1-29-19-11-10-16(13-21(19)30-2)23(28)25-24-14-17-15-27(18-7-4-3-5-8-18)26-22(17)20-9-6-12-31-20/h3-15H,1-2H3,(H,25,28)/b24-14-. The van der Waals surface area contributed by atoms with Gasteiger partial charge in [-0.2, -0.15) is 10.2 Å². The van der Waals surface area contributed by atoms with Gasteiger partial charge in [-0.05, 0) is 42.5 Å². The maximum Gasteiger partial charge on any atom is 0.271 e. The minimum absolute atomic E-state index is 0.382. The van der Waals surface area contributed by atoms with Crippen molar-refractivity contribution in [1.29, 1.82) is 0 Å². The first-order valence-corrected chi connectivity index (χ1v) is 9.44. The van der Waals surface area contributed by atoms with Crippen molar-refractivity contribution in [3.63, 3.8) is 0 Å². The van der Waals surface area contributed by atoms with E-state index in [1.165, 1.54) is 20.4 Å². The van der Waals surface area contributed by atoms with Crippen LogP contribution >= 0.6 is 0 Å². The molecular formula is C23H20N4O4. The van der Waals surface area contributed by atoms with Gasteiger partial charge in [0.05, 0.1) is 32.4 Å². The lowest BCUT2D eigenvalue weighted by Gasteiger charge is -2.08. The Balaban J connectivity index is 1.57. The molecule has 2 aromatic heterocycles. The number of benzene rings is 2. The summed E-state index contributed by atoms with van der Waals surface area (Å²) in [5.41, 5.74) is 5.10. The van der Waals surface area contributed by atoms with Gasteiger partial charge in [-0.15, -0.1) is 0 Å². The van der Waals surface area contributed by atoms with E-state index < -0.39 is 0 Å². The zero-order valence-electron chi connectivity index (χ0n) is 17.0. The number of para-hydroxylation sites is 1. The number of furan rings is 1. The number of carbonyl (C=O) groups excluding carboxylic acids is 1. The third-order valence-corrected chi connectivity index (χ3v) is 4.53. The van der Waals surface area contributed by atoms with Crippen LogP contribution in [0.1, 0.15) is 15.9 Å². The molecular weight excluding hydrogens is 396 g/mol. The van der Waals surface area contributed by atoms with Crippen molar-refractivity contribution < 1.29 is 18.7 Å². The Labute approximate surface area is 178 Å². The number of carbonyl (C=O) groups is 1. The average Bonchev–Trinajstić information content (AvgIpc) is 3.49. The van der Waals surface area contributed by atoms with Crippen LogP contribution in [-0.4, -0.2) is 36.1 Å². The summed E-state index contributed by atoms with van der Waals surface area (Å²) in [6, 6.07) is 18.2. The molecule has 0 fully saturated rings. The molecule has 0 spiro atoms. The molecule has 4 aromatic rings. The highest BCUT2D eigenvalue weighted by atomic mass is 16.5. The fraction of sp³-hybridized carbons (Fsp3) is 0.0870. The van der Waals surface area contributed by atoms with Gasteiger partial charge in [-0.25, -0.2) is 10.1 Å². The van der Waals surface area contributed by atoms with E-state index in [0.717, 1.165) is 5.69 Å². The highest BCUT2D eigenvalue weighted by Crippen LogP contribution is 2.27. The second-order valence-electron chi connectivity index (χ2n) is 6.46. The van der Waals surface area contributed by atoms with Crippen LogP contribution in [0.15, 0.2) is 82.6 Å². The lowest BCUT2D eigenvalue weighted by atomic mass is 10.2. The van der Waals surface area contributed by atoms with Gasteiger partial charge in [0.15, 0.2) is 17.3 Å². The maximum absolute atomic E-state index is 12.5. The number of rotatable bonds is 7. The Morgan fingerprint density at radius 2 is 1.87 bits per heavy atom. The second kappa shape index (κ2) is 9.00. The summed E-state index contributed by atoms with van der Waals surface area (Å²) >= 11 is 0. The van der Waals surface area contributed by atoms with Crippen LogP contribution in [-0.2, 0) is 0 Å². The van der Waals surface area contributed by atoms with E-state index in [0.29, 0.717) is 34.1 Å². The van der Waals surface area contributed by atoms with Crippen molar-refractivity contribution in [2.24, 2.45) is 5.10 Å². The molecule has 0 aliphatic heterocycles. The average molecular weight is 416 g/mol. The molecule has 2 heterocycles. The molecule has 0 aliphatic carbocycles. The van der Waals surface area contributed by atoms with E-state index in [1.54, 1.807) is 35.2 Å². The number of ether oxygens (including phenoxy) is 2. The van der Waals surface area contributed by atoms with Crippen LogP contribution in [0.3, 0.4) is 0 Å². The third-order valence-electron chi connectivity index (χ3n) is 4.53. The van der Waals surface area contributed by atoms with E-state index in [4.69, 9.17) is 13.9 Å². The van der Waals surface area contributed by atoms with Gasteiger partial charge in [-0.1, -0.05) is 18.2 Å². The molecule has 0 saturated heterocycles. The summed E-state index contributed by atoms with van der Waals surface area (Å²) in [4.78, 5) is 12.5. The van der Waals surface area contributed by atoms with Gasteiger partial charge >= 0.3 is 0 Å². The SMILES string of the molecule is COc1ccc(C(=O)N/N=C\c2cn(-c3ccccc3)nc2-c2ccco2)cc1OC. The predicted octanol–water partition coefficient (Wildman–Crippen LogP) is 3.91. The lowest BCUT2D eigenvalue weighted by Crippen LogP contribution is -2.17. The molecule has 1 N–H and O–H groups in total. The molecule has 1 amide bonds. The van der Waals surface area contributed by atoms with Crippen LogP contribution < -0.4 is 14.9 Å². The Kier molecular flexibility index (Phi) is 5.79. The van der Waals surface area contributed by atoms with E-state index in [-0.39, 0.29) is 5.91 Å². The van der Waals surface area contributed by atoms with Crippen molar-refractivity contribution in [3.8, 4) is 28.6 Å². The highest BCUT2D eigenvalue weighted by molar-refractivity contribution is 5.96. The molecule has 0 aliphatic rings. The third kappa shape index (κ3) is 4.32. The first-order chi connectivity index (χ1) is 15.2. The molecule has 0 bridgehead atoms. The summed E-state index contributed by atoms with van der Waals surface area (Å²) < 4.78 is 17.7. The van der Waals surface area contributed by atoms with Gasteiger partial charge in [0.1, 0.15) is 5.69 Å². The van der Waals surface area contributed by atoms with Crippen molar-refractivity contribution in [2.75, 3.05) is 14.2 Å². The summed E-state index contributed by atoms with van der Waals surface area (Å²) in [6.07, 6.45) is 4.93. The summed E-state index contributed by atoms with van der Waals surface area (Å²) in [5, 5.41) is 8.71. The van der Waals surface area contributed by atoms with Crippen molar-refractivity contribution in [2.45, 2.75) is 0 Å². The topological polar surface area (TPSA) is 90.9 Å². The summed E-state index contributed by atoms with van der Waals surface area (Å²) in [7, 11) is 3.05. The van der Waals surface area contributed by atoms with E-state index in [2.05, 4.69) is 15.6 Å². The maximum atomic E-state index is 12.5. The van der Waals surface area contributed by atoms with Gasteiger partial charge < -0.3 is 13.9 Å². The molecule has 2 aromatic carbocycles. The van der Waals surface area contributed by atoms with Crippen molar-refractivity contribution in [3.05, 3.63) is 84.3 Å². The lowest BCUT2D eigenvalue weighted by molar-refractivity contribution is 0.0954. The molecule has 8 heteroatoms. The fourth-order valence-corrected chi connectivity index (χ4v) is 3.00. The van der Waals surface area contributed by atoms with Crippen LogP contribution in [0.2, 0.25) is 0 Å². The Bertz CT molecular complexity index is 1200. The monoisotopic (exact) mass is 416 g/mol. The van der Waals surface area contributed by atoms with Gasteiger partial charge in [0.25, 0.3) is 5.91 Å². The van der Waals surface area contributed by atoms with Gasteiger partial charge in [0.2, 0.25) is 0 Å². The predicted molar refractivity (Wildman–Crippen MR) is 116 cm³/mol. The number of aromatic nitrogens is 2. The molecule has 0 radical (unpaired) electrons. The minimum Gasteiger partial charge on any atom is -0.493 e. The smallest absolute Gasteiger partial charge is 0.271 e. The van der Waals surface area contributed by atoms with E-state index >= 15 is 0 Å². The first-order valence-electron chi connectivity index (χ1n) is 9.44. The molecule has 0 unspecified atom stereocenters. The van der Waals surface area contributed by atoms with Crippen LogP contribution in [0.5, 0.6) is 11.5 Å². The van der Waals surface area contributed by atoms with Gasteiger partial charge in [-0.3, -0.25) is 4.79 Å².